The molecule has 1 heterocycles. The van der Waals surface area contributed by atoms with E-state index in [1.54, 1.807) is 31.0 Å². The topological polar surface area (TPSA) is 65.4 Å². The number of anilines is 1. The largest absolute Gasteiger partial charge is 0.497 e. The Morgan fingerprint density at radius 2 is 1.85 bits per heavy atom. The summed E-state index contributed by atoms with van der Waals surface area (Å²) in [6, 6.07) is 12.7. The van der Waals surface area contributed by atoms with Crippen LogP contribution >= 0.6 is 0 Å². The summed E-state index contributed by atoms with van der Waals surface area (Å²) in [4.78, 5) is 12.5. The van der Waals surface area contributed by atoms with Gasteiger partial charge in [0.05, 0.1) is 19.9 Å². The highest BCUT2D eigenvalue weighted by Gasteiger charge is 2.18. The molecule has 0 atom stereocenters. The van der Waals surface area contributed by atoms with Crippen molar-refractivity contribution < 1.29 is 18.7 Å². The van der Waals surface area contributed by atoms with Crippen LogP contribution < -0.4 is 14.8 Å². The lowest BCUT2D eigenvalue weighted by Gasteiger charge is -2.11. The molecule has 6 nitrogen and oxygen atoms in total. The number of nitrogens with zero attached hydrogens (tertiary/aromatic N) is 2. The molecular formula is C20H20FN3O3. The number of halogens is 1. The molecule has 0 spiro atoms. The maximum absolute atomic E-state index is 13.0. The van der Waals surface area contributed by atoms with Crippen molar-refractivity contribution >= 4 is 11.6 Å². The minimum absolute atomic E-state index is 0.258. The van der Waals surface area contributed by atoms with E-state index >= 15 is 0 Å². The summed E-state index contributed by atoms with van der Waals surface area (Å²) in [5.41, 5.74) is 2.31. The third kappa shape index (κ3) is 3.92. The van der Waals surface area contributed by atoms with Crippen molar-refractivity contribution in [3.8, 4) is 22.8 Å². The zero-order valence-electron chi connectivity index (χ0n) is 15.3. The van der Waals surface area contributed by atoms with E-state index in [-0.39, 0.29) is 17.4 Å². The molecule has 0 aliphatic heterocycles. The summed E-state index contributed by atoms with van der Waals surface area (Å²) in [6.07, 6.45) is 0. The molecule has 0 aliphatic rings. The molecule has 0 radical (unpaired) electrons. The van der Waals surface area contributed by atoms with E-state index in [1.807, 2.05) is 19.1 Å². The minimum atomic E-state index is -0.373. The number of aryl methyl sites for hydroxylation is 1. The maximum atomic E-state index is 13.0. The first-order valence-electron chi connectivity index (χ1n) is 8.43. The molecule has 1 amide bonds. The Morgan fingerprint density at radius 1 is 1.11 bits per heavy atom. The lowest BCUT2D eigenvalue weighted by molar-refractivity contribution is 0.102. The van der Waals surface area contributed by atoms with Crippen LogP contribution in [0.1, 0.15) is 17.4 Å². The van der Waals surface area contributed by atoms with Gasteiger partial charge in [-0.05, 0) is 49.4 Å². The van der Waals surface area contributed by atoms with Gasteiger partial charge in [0.1, 0.15) is 17.3 Å². The number of rotatable bonds is 6. The van der Waals surface area contributed by atoms with E-state index in [2.05, 4.69) is 10.4 Å². The van der Waals surface area contributed by atoms with Gasteiger partial charge in [-0.25, -0.2) is 4.39 Å². The van der Waals surface area contributed by atoms with Crippen molar-refractivity contribution in [2.24, 2.45) is 0 Å². The number of aromatic nitrogens is 2. The molecular weight excluding hydrogens is 349 g/mol. The molecule has 0 aliphatic carbocycles. The van der Waals surface area contributed by atoms with Crippen LogP contribution in [0.3, 0.4) is 0 Å². The molecule has 1 aromatic heterocycles. The van der Waals surface area contributed by atoms with E-state index < -0.39 is 0 Å². The smallest absolute Gasteiger partial charge is 0.276 e. The standard InChI is InChI=1S/C20H20FN3O3/c1-4-24-18(16-10-9-15(26-2)11-19(16)27-3)12-17(23-24)20(25)22-14-7-5-13(21)6-8-14/h5-12H,4H2,1-3H3,(H,22,25). The molecule has 0 fully saturated rings. The summed E-state index contributed by atoms with van der Waals surface area (Å²) in [7, 11) is 3.16. The second-order valence-corrected chi connectivity index (χ2v) is 5.76. The molecule has 1 N–H and O–H groups in total. The third-order valence-corrected chi connectivity index (χ3v) is 4.10. The average Bonchev–Trinajstić information content (AvgIpc) is 3.13. The predicted molar refractivity (Wildman–Crippen MR) is 101 cm³/mol. The van der Waals surface area contributed by atoms with E-state index in [0.717, 1.165) is 11.3 Å². The first kappa shape index (κ1) is 18.4. The molecule has 7 heteroatoms. The number of hydrogen-bond donors (Lipinski definition) is 1. The Morgan fingerprint density at radius 3 is 2.48 bits per heavy atom. The molecule has 27 heavy (non-hydrogen) atoms. The highest BCUT2D eigenvalue weighted by molar-refractivity contribution is 6.03. The predicted octanol–water partition coefficient (Wildman–Crippen LogP) is 3.98. The van der Waals surface area contributed by atoms with Gasteiger partial charge in [-0.1, -0.05) is 0 Å². The molecule has 3 rings (SSSR count). The summed E-state index contributed by atoms with van der Waals surface area (Å²) >= 11 is 0. The van der Waals surface area contributed by atoms with Crippen LogP contribution in [0.4, 0.5) is 10.1 Å². The summed E-state index contributed by atoms with van der Waals surface area (Å²) in [6.45, 7) is 2.52. The Bertz CT molecular complexity index is 952. The number of carbonyl (C=O) groups is 1. The van der Waals surface area contributed by atoms with Gasteiger partial charge in [0, 0.05) is 23.9 Å². The van der Waals surface area contributed by atoms with Crippen molar-refractivity contribution in [3.63, 3.8) is 0 Å². The van der Waals surface area contributed by atoms with Crippen LogP contribution in [0.5, 0.6) is 11.5 Å². The molecule has 0 bridgehead atoms. The molecule has 0 unspecified atom stereocenters. The third-order valence-electron chi connectivity index (χ3n) is 4.10. The van der Waals surface area contributed by atoms with Gasteiger partial charge in [0.25, 0.3) is 5.91 Å². The van der Waals surface area contributed by atoms with Gasteiger partial charge >= 0.3 is 0 Å². The van der Waals surface area contributed by atoms with Crippen LogP contribution in [0, 0.1) is 5.82 Å². The van der Waals surface area contributed by atoms with Crippen LogP contribution in [0.15, 0.2) is 48.5 Å². The second-order valence-electron chi connectivity index (χ2n) is 5.76. The Kier molecular flexibility index (Phi) is 5.40. The zero-order chi connectivity index (χ0) is 19.4. The zero-order valence-corrected chi connectivity index (χ0v) is 15.3. The molecule has 3 aromatic rings. The van der Waals surface area contributed by atoms with Crippen molar-refractivity contribution in [2.75, 3.05) is 19.5 Å². The van der Waals surface area contributed by atoms with Gasteiger partial charge in [-0.2, -0.15) is 5.10 Å². The van der Waals surface area contributed by atoms with Crippen molar-refractivity contribution in [3.05, 3.63) is 60.0 Å². The molecule has 2 aromatic carbocycles. The SMILES string of the molecule is CCn1nc(C(=O)Nc2ccc(F)cc2)cc1-c1ccc(OC)cc1OC. The fourth-order valence-electron chi connectivity index (χ4n) is 2.72. The normalized spacial score (nSPS) is 10.5. The second kappa shape index (κ2) is 7.90. The fraction of sp³-hybridized carbons (Fsp3) is 0.200. The van der Waals surface area contributed by atoms with Gasteiger partial charge in [0.15, 0.2) is 5.69 Å². The first-order valence-corrected chi connectivity index (χ1v) is 8.43. The van der Waals surface area contributed by atoms with E-state index in [9.17, 15) is 9.18 Å². The lowest BCUT2D eigenvalue weighted by atomic mass is 10.1. The lowest BCUT2D eigenvalue weighted by Crippen LogP contribution is -2.13. The summed E-state index contributed by atoms with van der Waals surface area (Å²) < 4.78 is 25.4. The Balaban J connectivity index is 1.93. The molecule has 0 saturated heterocycles. The van der Waals surface area contributed by atoms with Gasteiger partial charge in [-0.3, -0.25) is 9.48 Å². The van der Waals surface area contributed by atoms with Crippen molar-refractivity contribution in [1.29, 1.82) is 0 Å². The van der Waals surface area contributed by atoms with Crippen LogP contribution in [0.2, 0.25) is 0 Å². The Hall–Kier alpha value is -3.35. The number of hydrogen-bond acceptors (Lipinski definition) is 4. The quantitative estimate of drug-likeness (QED) is 0.714. The van der Waals surface area contributed by atoms with Gasteiger partial charge in [0.2, 0.25) is 0 Å². The molecule has 0 saturated carbocycles. The van der Waals surface area contributed by atoms with E-state index in [4.69, 9.17) is 9.47 Å². The number of carbonyl (C=O) groups excluding carboxylic acids is 1. The van der Waals surface area contributed by atoms with Crippen molar-refractivity contribution in [2.45, 2.75) is 13.5 Å². The summed E-state index contributed by atoms with van der Waals surface area (Å²) in [5.74, 6) is 0.557. The highest BCUT2D eigenvalue weighted by Crippen LogP contribution is 2.33. The van der Waals surface area contributed by atoms with Crippen LogP contribution in [-0.2, 0) is 6.54 Å². The monoisotopic (exact) mass is 369 g/mol. The number of methoxy groups -OCH3 is 2. The highest BCUT2D eigenvalue weighted by atomic mass is 19.1. The molecule has 140 valence electrons. The van der Waals surface area contributed by atoms with Crippen molar-refractivity contribution in [1.82, 2.24) is 9.78 Å². The number of ether oxygens (including phenoxy) is 2. The van der Waals surface area contributed by atoms with Gasteiger partial charge < -0.3 is 14.8 Å². The summed E-state index contributed by atoms with van der Waals surface area (Å²) in [5, 5.41) is 7.10. The average molecular weight is 369 g/mol. The number of amides is 1. The maximum Gasteiger partial charge on any atom is 0.276 e. The van der Waals surface area contributed by atoms with E-state index in [1.165, 1.54) is 24.3 Å². The van der Waals surface area contributed by atoms with Crippen LogP contribution in [0.25, 0.3) is 11.3 Å². The fourth-order valence-corrected chi connectivity index (χ4v) is 2.72. The van der Waals surface area contributed by atoms with E-state index in [0.29, 0.717) is 23.7 Å². The minimum Gasteiger partial charge on any atom is -0.497 e. The van der Waals surface area contributed by atoms with Gasteiger partial charge in [-0.15, -0.1) is 0 Å². The first-order chi connectivity index (χ1) is 13.0. The van der Waals surface area contributed by atoms with Crippen LogP contribution in [-0.4, -0.2) is 29.9 Å². The number of nitrogens with one attached hydrogen (secondary N) is 1. The Labute approximate surface area is 156 Å². The number of benzene rings is 2.